The van der Waals surface area contributed by atoms with Crippen LogP contribution in [0, 0.1) is 6.92 Å². The minimum Gasteiger partial charge on any atom is -0.394 e. The third-order valence-corrected chi connectivity index (χ3v) is 2.72. The molecule has 0 radical (unpaired) electrons. The highest BCUT2D eigenvalue weighted by Crippen LogP contribution is 2.10. The van der Waals surface area contributed by atoms with Crippen molar-refractivity contribution in [1.82, 2.24) is 10.1 Å². The third-order valence-electron chi connectivity index (χ3n) is 2.72. The van der Waals surface area contributed by atoms with Crippen LogP contribution in [0.15, 0.2) is 28.8 Å². The summed E-state index contributed by atoms with van der Waals surface area (Å²) in [5.41, 5.74) is 8.07. The van der Waals surface area contributed by atoms with Gasteiger partial charge < -0.3 is 15.4 Å². The highest BCUT2D eigenvalue weighted by Gasteiger charge is 2.12. The Morgan fingerprint density at radius 2 is 2.22 bits per heavy atom. The van der Waals surface area contributed by atoms with E-state index in [-0.39, 0.29) is 6.61 Å². The highest BCUT2D eigenvalue weighted by atomic mass is 16.5. The van der Waals surface area contributed by atoms with E-state index in [2.05, 4.69) is 35.3 Å². The third kappa shape index (κ3) is 3.15. The van der Waals surface area contributed by atoms with E-state index in [1.165, 1.54) is 11.1 Å². The molecule has 0 aliphatic rings. The Kier molecular flexibility index (Phi) is 4.07. The maximum Gasteiger partial charge on any atom is 0.227 e. The van der Waals surface area contributed by atoms with E-state index in [4.69, 9.17) is 15.4 Å². The van der Waals surface area contributed by atoms with E-state index in [1.807, 2.05) is 6.07 Å². The number of aliphatic hydroxyl groups excluding tert-OH is 1. The quantitative estimate of drug-likeness (QED) is 0.828. The summed E-state index contributed by atoms with van der Waals surface area (Å²) in [5.74, 6) is 0.909. The molecule has 1 atom stereocenters. The molecule has 18 heavy (non-hydrogen) atoms. The number of hydrogen-bond acceptors (Lipinski definition) is 5. The molecule has 5 nitrogen and oxygen atoms in total. The molecule has 1 aromatic carbocycles. The van der Waals surface area contributed by atoms with Crippen molar-refractivity contribution in [3.05, 3.63) is 47.1 Å². The van der Waals surface area contributed by atoms with Gasteiger partial charge in [-0.3, -0.25) is 0 Å². The summed E-state index contributed by atoms with van der Waals surface area (Å²) in [4.78, 5) is 4.16. The lowest BCUT2D eigenvalue weighted by Crippen LogP contribution is -2.16. The van der Waals surface area contributed by atoms with Crippen LogP contribution < -0.4 is 5.73 Å². The predicted octanol–water partition coefficient (Wildman–Crippen LogP) is 1.16. The normalized spacial score (nSPS) is 12.6. The Hall–Kier alpha value is -1.72. The van der Waals surface area contributed by atoms with Gasteiger partial charge in [0.1, 0.15) is 0 Å². The zero-order valence-electron chi connectivity index (χ0n) is 10.3. The van der Waals surface area contributed by atoms with E-state index in [1.54, 1.807) is 0 Å². The Morgan fingerprint density at radius 3 is 2.94 bits per heavy atom. The number of hydrogen-bond donors (Lipinski definition) is 2. The molecule has 5 heteroatoms. The number of aliphatic hydroxyl groups is 1. The monoisotopic (exact) mass is 247 g/mol. The van der Waals surface area contributed by atoms with Gasteiger partial charge in [-0.15, -0.1) is 0 Å². The first-order valence-corrected chi connectivity index (χ1v) is 5.93. The summed E-state index contributed by atoms with van der Waals surface area (Å²) >= 11 is 0. The van der Waals surface area contributed by atoms with Crippen molar-refractivity contribution in [1.29, 1.82) is 0 Å². The van der Waals surface area contributed by atoms with Gasteiger partial charge in [0.2, 0.25) is 5.89 Å². The molecule has 3 N–H and O–H groups in total. The second kappa shape index (κ2) is 5.75. The molecule has 2 aromatic rings. The first-order valence-electron chi connectivity index (χ1n) is 5.93. The molecule has 1 aromatic heterocycles. The molecule has 0 aliphatic heterocycles. The molecule has 0 saturated heterocycles. The Bertz CT molecular complexity index is 510. The van der Waals surface area contributed by atoms with Gasteiger partial charge in [0.15, 0.2) is 5.82 Å². The molecule has 0 fully saturated rings. The molecule has 0 aliphatic carbocycles. The van der Waals surface area contributed by atoms with E-state index >= 15 is 0 Å². The minimum atomic E-state index is -0.568. The van der Waals surface area contributed by atoms with Gasteiger partial charge in [-0.25, -0.2) is 0 Å². The van der Waals surface area contributed by atoms with E-state index in [0.717, 1.165) is 6.42 Å². The van der Waals surface area contributed by atoms with Gasteiger partial charge in [0, 0.05) is 6.42 Å². The van der Waals surface area contributed by atoms with Gasteiger partial charge in [0.25, 0.3) is 0 Å². The van der Waals surface area contributed by atoms with Gasteiger partial charge in [0.05, 0.1) is 12.6 Å². The molecular weight excluding hydrogens is 230 g/mol. The SMILES string of the molecule is Cc1cccc(CCc2nc(C(N)CO)no2)c1. The fourth-order valence-corrected chi connectivity index (χ4v) is 1.72. The molecule has 2 rings (SSSR count). The maximum atomic E-state index is 8.89. The van der Waals surface area contributed by atoms with Crippen LogP contribution in [0.25, 0.3) is 0 Å². The van der Waals surface area contributed by atoms with Crippen LogP contribution in [0.1, 0.15) is 28.9 Å². The summed E-state index contributed by atoms with van der Waals surface area (Å²) in [6, 6.07) is 7.74. The first-order chi connectivity index (χ1) is 8.69. The van der Waals surface area contributed by atoms with Crippen molar-refractivity contribution >= 4 is 0 Å². The van der Waals surface area contributed by atoms with Gasteiger partial charge in [-0.05, 0) is 18.9 Å². The lowest BCUT2D eigenvalue weighted by Gasteiger charge is -2.00. The molecule has 0 spiro atoms. The average molecular weight is 247 g/mol. The van der Waals surface area contributed by atoms with E-state index in [9.17, 15) is 0 Å². The van der Waals surface area contributed by atoms with Crippen LogP contribution in [-0.2, 0) is 12.8 Å². The van der Waals surface area contributed by atoms with Crippen LogP contribution >= 0.6 is 0 Å². The first kappa shape index (κ1) is 12.7. The number of rotatable bonds is 5. The second-order valence-electron chi connectivity index (χ2n) is 4.32. The van der Waals surface area contributed by atoms with Crippen LogP contribution in [0.3, 0.4) is 0 Å². The molecule has 96 valence electrons. The number of nitrogens with two attached hydrogens (primary N) is 1. The standard InChI is InChI=1S/C13H17N3O2/c1-9-3-2-4-10(7-9)5-6-12-15-13(16-18-12)11(14)8-17/h2-4,7,11,17H,5-6,8,14H2,1H3. The lowest BCUT2D eigenvalue weighted by atomic mass is 10.1. The van der Waals surface area contributed by atoms with E-state index in [0.29, 0.717) is 18.1 Å². The van der Waals surface area contributed by atoms with Crippen LogP contribution in [-0.4, -0.2) is 21.9 Å². The van der Waals surface area contributed by atoms with Crippen molar-refractivity contribution in [2.75, 3.05) is 6.61 Å². The largest absolute Gasteiger partial charge is 0.394 e. The minimum absolute atomic E-state index is 0.184. The van der Waals surface area contributed by atoms with Crippen LogP contribution in [0.5, 0.6) is 0 Å². The molecule has 1 unspecified atom stereocenters. The Balaban J connectivity index is 1.96. The molecule has 0 amide bonds. The fourth-order valence-electron chi connectivity index (χ4n) is 1.72. The zero-order chi connectivity index (χ0) is 13.0. The van der Waals surface area contributed by atoms with Gasteiger partial charge in [-0.2, -0.15) is 4.98 Å². The van der Waals surface area contributed by atoms with Gasteiger partial charge >= 0.3 is 0 Å². The summed E-state index contributed by atoms with van der Waals surface area (Å²) in [7, 11) is 0. The molecule has 1 heterocycles. The fraction of sp³-hybridized carbons (Fsp3) is 0.385. The Labute approximate surface area is 106 Å². The number of aromatic nitrogens is 2. The number of benzene rings is 1. The topological polar surface area (TPSA) is 85.2 Å². The van der Waals surface area contributed by atoms with Gasteiger partial charge in [-0.1, -0.05) is 35.0 Å². The highest BCUT2D eigenvalue weighted by molar-refractivity contribution is 5.22. The molecule has 0 saturated carbocycles. The average Bonchev–Trinajstić information content (AvgIpc) is 2.84. The maximum absolute atomic E-state index is 8.89. The number of nitrogens with zero attached hydrogens (tertiary/aromatic N) is 2. The zero-order valence-corrected chi connectivity index (χ0v) is 10.3. The van der Waals surface area contributed by atoms with Crippen molar-refractivity contribution in [3.63, 3.8) is 0 Å². The van der Waals surface area contributed by atoms with Crippen LogP contribution in [0.2, 0.25) is 0 Å². The summed E-state index contributed by atoms with van der Waals surface area (Å²) < 4.78 is 5.09. The predicted molar refractivity (Wildman–Crippen MR) is 66.9 cm³/mol. The van der Waals surface area contributed by atoms with Crippen molar-refractivity contribution in [2.45, 2.75) is 25.8 Å². The second-order valence-corrected chi connectivity index (χ2v) is 4.32. The Morgan fingerprint density at radius 1 is 1.39 bits per heavy atom. The molecule has 0 bridgehead atoms. The van der Waals surface area contributed by atoms with Crippen molar-refractivity contribution < 1.29 is 9.63 Å². The van der Waals surface area contributed by atoms with Crippen molar-refractivity contribution in [3.8, 4) is 0 Å². The summed E-state index contributed by atoms with van der Waals surface area (Å²) in [6.07, 6.45) is 1.52. The van der Waals surface area contributed by atoms with Crippen LogP contribution in [0.4, 0.5) is 0 Å². The lowest BCUT2D eigenvalue weighted by molar-refractivity contribution is 0.259. The smallest absolute Gasteiger partial charge is 0.227 e. The summed E-state index contributed by atoms with van der Waals surface area (Å²) in [5, 5.41) is 12.6. The van der Waals surface area contributed by atoms with Crippen molar-refractivity contribution in [2.24, 2.45) is 5.73 Å². The summed E-state index contributed by atoms with van der Waals surface area (Å²) in [6.45, 7) is 1.88. The van der Waals surface area contributed by atoms with E-state index < -0.39 is 6.04 Å². The number of aryl methyl sites for hydroxylation is 3. The molecular formula is C13H17N3O2.